The number of nitrogens with one attached hydrogen (secondary N) is 2. The van der Waals surface area contributed by atoms with E-state index in [9.17, 15) is 0 Å². The normalized spacial score (nSPS) is 14.9. The summed E-state index contributed by atoms with van der Waals surface area (Å²) in [7, 11) is 0. The van der Waals surface area contributed by atoms with Gasteiger partial charge in [0.05, 0.1) is 6.04 Å². The Kier molecular flexibility index (Phi) is 6.98. The minimum Gasteiger partial charge on any atom is -0.399 e. The second-order valence-electron chi connectivity index (χ2n) is 7.96. The fourth-order valence-corrected chi connectivity index (χ4v) is 3.67. The lowest BCUT2D eigenvalue weighted by Crippen LogP contribution is -2.24. The summed E-state index contributed by atoms with van der Waals surface area (Å²) in [6, 6.07) is 8.53. The van der Waals surface area contributed by atoms with E-state index in [2.05, 4.69) is 54.2 Å². The molecular weight excluding hydrogens is 372 g/mol. The lowest BCUT2D eigenvalue weighted by atomic mass is 9.98. The second-order valence-corrected chi connectivity index (χ2v) is 7.96. The van der Waals surface area contributed by atoms with Crippen LogP contribution in [0.15, 0.2) is 35.8 Å². The number of nitrogens with zero attached hydrogens (tertiary/aromatic N) is 2. The predicted molar refractivity (Wildman–Crippen MR) is 128 cm³/mol. The molecule has 0 spiro atoms. The van der Waals surface area contributed by atoms with E-state index in [0.29, 0.717) is 17.3 Å². The zero-order valence-electron chi connectivity index (χ0n) is 18.4. The fraction of sp³-hybridized carbons (Fsp3) is 0.417. The van der Waals surface area contributed by atoms with Crippen LogP contribution in [0.5, 0.6) is 0 Å². The number of aliphatic imine (C=N–C) groups is 1. The largest absolute Gasteiger partial charge is 0.399 e. The standard InChI is InChI=1S/C24H34N6/c1-5-7-9-21-18-11-10-17(14-20(18)23(29-21)27-12-8-6-2)28-24-19(16(4)25)13-15(3)22(26)30-24/h10-11,13-14,21H,4-9,12,25H2,1-3H3,(H,27,29)(H3,26,28,30). The van der Waals surface area contributed by atoms with Crippen molar-refractivity contribution < 1.29 is 0 Å². The highest BCUT2D eigenvalue weighted by molar-refractivity contribution is 6.03. The first-order valence-corrected chi connectivity index (χ1v) is 10.9. The van der Waals surface area contributed by atoms with Gasteiger partial charge < -0.3 is 22.1 Å². The van der Waals surface area contributed by atoms with Crippen LogP contribution in [-0.2, 0) is 0 Å². The van der Waals surface area contributed by atoms with Crippen molar-refractivity contribution in [3.8, 4) is 0 Å². The van der Waals surface area contributed by atoms with E-state index < -0.39 is 0 Å². The summed E-state index contributed by atoms with van der Waals surface area (Å²) >= 11 is 0. The van der Waals surface area contributed by atoms with Gasteiger partial charge in [0, 0.05) is 29.1 Å². The third kappa shape index (κ3) is 4.75. The number of hydrogen-bond donors (Lipinski definition) is 4. The molecule has 6 nitrogen and oxygen atoms in total. The molecule has 30 heavy (non-hydrogen) atoms. The van der Waals surface area contributed by atoms with Crippen molar-refractivity contribution in [3.05, 3.63) is 53.1 Å². The molecule has 2 aromatic rings. The molecule has 160 valence electrons. The molecule has 0 saturated heterocycles. The number of rotatable bonds is 9. The zero-order valence-corrected chi connectivity index (χ0v) is 18.4. The van der Waals surface area contributed by atoms with Crippen molar-refractivity contribution in [1.82, 2.24) is 10.3 Å². The van der Waals surface area contributed by atoms with Crippen LogP contribution in [0, 0.1) is 6.92 Å². The highest BCUT2D eigenvalue weighted by Crippen LogP contribution is 2.35. The first-order chi connectivity index (χ1) is 14.4. The molecular formula is C24H34N6. The van der Waals surface area contributed by atoms with Gasteiger partial charge >= 0.3 is 0 Å². The number of pyridine rings is 1. The van der Waals surface area contributed by atoms with Crippen LogP contribution in [0.3, 0.4) is 0 Å². The number of aryl methyl sites for hydroxylation is 1. The highest BCUT2D eigenvalue weighted by Gasteiger charge is 2.25. The Balaban J connectivity index is 1.91. The van der Waals surface area contributed by atoms with Gasteiger partial charge in [0.1, 0.15) is 17.5 Å². The third-order valence-corrected chi connectivity index (χ3v) is 5.47. The summed E-state index contributed by atoms with van der Waals surface area (Å²) in [5.41, 5.74) is 17.5. The Hall–Kier alpha value is -3.02. The molecule has 1 unspecified atom stereocenters. The van der Waals surface area contributed by atoms with Crippen molar-refractivity contribution in [2.24, 2.45) is 10.7 Å². The monoisotopic (exact) mass is 406 g/mol. The Morgan fingerprint density at radius 3 is 2.63 bits per heavy atom. The van der Waals surface area contributed by atoms with E-state index in [4.69, 9.17) is 16.5 Å². The van der Waals surface area contributed by atoms with E-state index in [1.807, 2.05) is 13.0 Å². The van der Waals surface area contributed by atoms with Crippen molar-refractivity contribution >= 4 is 28.9 Å². The number of nitrogen functional groups attached to an aromatic ring is 1. The molecule has 1 aliphatic heterocycles. The lowest BCUT2D eigenvalue weighted by molar-refractivity contribution is 0.612. The average molecular weight is 407 g/mol. The Morgan fingerprint density at radius 1 is 1.17 bits per heavy atom. The number of unbranched alkanes of at least 4 members (excludes halogenated alkanes) is 2. The van der Waals surface area contributed by atoms with E-state index in [0.717, 1.165) is 54.0 Å². The van der Waals surface area contributed by atoms with Gasteiger partial charge in [-0.15, -0.1) is 0 Å². The maximum absolute atomic E-state index is 6.04. The summed E-state index contributed by atoms with van der Waals surface area (Å²) in [4.78, 5) is 9.49. The molecule has 0 bridgehead atoms. The molecule has 6 N–H and O–H groups in total. The zero-order chi connectivity index (χ0) is 21.7. The molecule has 1 atom stereocenters. The number of aromatic nitrogens is 1. The first kappa shape index (κ1) is 21.7. The van der Waals surface area contributed by atoms with E-state index in [-0.39, 0.29) is 6.04 Å². The topological polar surface area (TPSA) is 101 Å². The Bertz CT molecular complexity index is 947. The van der Waals surface area contributed by atoms with Crippen LogP contribution >= 0.6 is 0 Å². The molecule has 0 saturated carbocycles. The van der Waals surface area contributed by atoms with Crippen molar-refractivity contribution in [3.63, 3.8) is 0 Å². The van der Waals surface area contributed by atoms with Gasteiger partial charge in [0.15, 0.2) is 0 Å². The van der Waals surface area contributed by atoms with Crippen LogP contribution in [0.1, 0.15) is 74.2 Å². The van der Waals surface area contributed by atoms with Gasteiger partial charge in [-0.05, 0) is 49.1 Å². The van der Waals surface area contributed by atoms with Crippen molar-refractivity contribution in [2.75, 3.05) is 17.6 Å². The fourth-order valence-electron chi connectivity index (χ4n) is 3.67. The summed E-state index contributed by atoms with van der Waals surface area (Å²) in [6.07, 6.45) is 5.69. The van der Waals surface area contributed by atoms with Gasteiger partial charge in [0.25, 0.3) is 0 Å². The van der Waals surface area contributed by atoms with Crippen LogP contribution in [0.4, 0.5) is 17.3 Å². The van der Waals surface area contributed by atoms with Crippen LogP contribution < -0.4 is 22.1 Å². The Labute approximate surface area is 179 Å². The van der Waals surface area contributed by atoms with Crippen LogP contribution in [-0.4, -0.2) is 17.4 Å². The number of benzene rings is 1. The second kappa shape index (κ2) is 9.65. The van der Waals surface area contributed by atoms with Crippen molar-refractivity contribution in [1.29, 1.82) is 0 Å². The third-order valence-electron chi connectivity index (χ3n) is 5.47. The summed E-state index contributed by atoms with van der Waals surface area (Å²) in [6.45, 7) is 11.1. The maximum atomic E-state index is 6.04. The molecule has 2 heterocycles. The SMILES string of the molecule is C=C(N)c1cc(C)c(N)nc1Nc1ccc2c(c1)C(NCCCC)=NC2CCCC. The van der Waals surface area contributed by atoms with Gasteiger partial charge in [0.2, 0.25) is 0 Å². The molecule has 6 heteroatoms. The van der Waals surface area contributed by atoms with Gasteiger partial charge in [-0.3, -0.25) is 4.99 Å². The molecule has 1 aromatic carbocycles. The number of anilines is 3. The maximum Gasteiger partial charge on any atom is 0.142 e. The number of nitrogens with two attached hydrogens (primary N) is 2. The molecule has 0 fully saturated rings. The number of hydrogen-bond acceptors (Lipinski definition) is 6. The molecule has 0 aliphatic carbocycles. The molecule has 3 rings (SSSR count). The van der Waals surface area contributed by atoms with E-state index in [1.165, 1.54) is 18.4 Å². The minimum absolute atomic E-state index is 0.227. The van der Waals surface area contributed by atoms with Gasteiger partial charge in [-0.1, -0.05) is 45.8 Å². The highest BCUT2D eigenvalue weighted by atomic mass is 15.0. The average Bonchev–Trinajstić information content (AvgIpc) is 3.06. The first-order valence-electron chi connectivity index (χ1n) is 10.9. The summed E-state index contributed by atoms with van der Waals surface area (Å²) < 4.78 is 0. The smallest absolute Gasteiger partial charge is 0.142 e. The minimum atomic E-state index is 0.227. The van der Waals surface area contributed by atoms with Crippen LogP contribution in [0.25, 0.3) is 5.70 Å². The Morgan fingerprint density at radius 2 is 1.93 bits per heavy atom. The molecule has 0 radical (unpaired) electrons. The van der Waals surface area contributed by atoms with E-state index in [1.54, 1.807) is 0 Å². The van der Waals surface area contributed by atoms with Gasteiger partial charge in [-0.25, -0.2) is 4.98 Å². The lowest BCUT2D eigenvalue weighted by Gasteiger charge is -2.15. The molecule has 1 aromatic heterocycles. The molecule has 1 aliphatic rings. The summed E-state index contributed by atoms with van der Waals surface area (Å²) in [5.74, 6) is 2.08. The number of fused-ring (bicyclic) bond motifs is 1. The van der Waals surface area contributed by atoms with Crippen LogP contribution in [0.2, 0.25) is 0 Å². The molecule has 0 amide bonds. The van der Waals surface area contributed by atoms with E-state index >= 15 is 0 Å². The summed E-state index contributed by atoms with van der Waals surface area (Å²) in [5, 5.41) is 6.92. The van der Waals surface area contributed by atoms with Gasteiger partial charge in [-0.2, -0.15) is 0 Å². The number of amidine groups is 1. The quantitative estimate of drug-likeness (QED) is 0.438. The van der Waals surface area contributed by atoms with Crippen molar-refractivity contribution in [2.45, 2.75) is 58.9 Å². The predicted octanol–water partition coefficient (Wildman–Crippen LogP) is 5.03.